The molecule has 0 saturated carbocycles. The zero-order valence-corrected chi connectivity index (χ0v) is 16.5. The van der Waals surface area contributed by atoms with Gasteiger partial charge in [0.15, 0.2) is 11.5 Å². The third-order valence-electron chi connectivity index (χ3n) is 3.95. The average molecular weight is 404 g/mol. The number of aryl methyl sites for hydroxylation is 1. The molecule has 0 heterocycles. The molecule has 2 rings (SSSR count). The summed E-state index contributed by atoms with van der Waals surface area (Å²) >= 11 is 0. The van der Waals surface area contributed by atoms with E-state index in [0.717, 1.165) is 11.6 Å². The second kappa shape index (κ2) is 10.3. The Labute approximate surface area is 168 Å². The number of nitrogens with zero attached hydrogens (tertiary/aromatic N) is 1. The molecule has 9 nitrogen and oxygen atoms in total. The van der Waals surface area contributed by atoms with Crippen molar-refractivity contribution in [2.75, 3.05) is 26.9 Å². The molecule has 0 aromatic heterocycles. The maximum Gasteiger partial charge on any atom is 0.286 e. The number of benzene rings is 2. The van der Waals surface area contributed by atoms with E-state index in [-0.39, 0.29) is 30.2 Å². The lowest BCUT2D eigenvalue weighted by Gasteiger charge is -2.15. The molecule has 0 spiro atoms. The van der Waals surface area contributed by atoms with Crippen LogP contribution in [0.4, 0.5) is 5.69 Å². The number of hydrogen-bond acceptors (Lipinski definition) is 7. The molecule has 2 N–H and O–H groups in total. The number of ether oxygens (including phenoxy) is 3. The highest BCUT2D eigenvalue weighted by Gasteiger charge is 2.25. The fourth-order valence-electron chi connectivity index (χ4n) is 2.57. The van der Waals surface area contributed by atoms with E-state index in [1.807, 2.05) is 25.1 Å². The van der Waals surface area contributed by atoms with Crippen molar-refractivity contribution in [2.45, 2.75) is 20.0 Å². The summed E-state index contributed by atoms with van der Waals surface area (Å²) in [5.41, 5.74) is 0.404. The molecule has 1 unspecified atom stereocenters. The first-order chi connectivity index (χ1) is 13.8. The normalized spacial score (nSPS) is 11.4. The lowest BCUT2D eigenvalue weighted by molar-refractivity contribution is -0.385. The van der Waals surface area contributed by atoms with Gasteiger partial charge in [0.25, 0.3) is 11.6 Å². The minimum Gasteiger partial charge on any atom is -0.493 e. The molecule has 0 radical (unpaired) electrons. The average Bonchev–Trinajstić information content (AvgIpc) is 2.70. The summed E-state index contributed by atoms with van der Waals surface area (Å²) in [6, 6.07) is 9.72. The quantitative estimate of drug-likeness (QED) is 0.461. The molecular formula is C20H24N2O7. The van der Waals surface area contributed by atoms with Crippen molar-refractivity contribution in [1.29, 1.82) is 0 Å². The highest BCUT2D eigenvalue weighted by atomic mass is 16.6. The van der Waals surface area contributed by atoms with Gasteiger partial charge in [-0.2, -0.15) is 0 Å². The number of carbonyl (C=O) groups excluding carboxylic acids is 1. The van der Waals surface area contributed by atoms with Gasteiger partial charge in [-0.3, -0.25) is 14.9 Å². The van der Waals surface area contributed by atoms with Crippen LogP contribution in [0.5, 0.6) is 17.2 Å². The van der Waals surface area contributed by atoms with E-state index in [9.17, 15) is 20.0 Å². The van der Waals surface area contributed by atoms with Crippen LogP contribution in [-0.2, 0) is 0 Å². The van der Waals surface area contributed by atoms with E-state index in [4.69, 9.17) is 14.2 Å². The van der Waals surface area contributed by atoms with Crippen molar-refractivity contribution in [1.82, 2.24) is 5.32 Å². The molecule has 0 saturated heterocycles. The minimum absolute atomic E-state index is 0.0430. The van der Waals surface area contributed by atoms with E-state index >= 15 is 0 Å². The lowest BCUT2D eigenvalue weighted by atomic mass is 10.1. The largest absolute Gasteiger partial charge is 0.493 e. The van der Waals surface area contributed by atoms with Gasteiger partial charge in [-0.15, -0.1) is 0 Å². The molecule has 0 aliphatic heterocycles. The van der Waals surface area contributed by atoms with Crippen LogP contribution >= 0.6 is 0 Å². The molecule has 1 amide bonds. The lowest BCUT2D eigenvalue weighted by Crippen LogP contribution is -2.35. The van der Waals surface area contributed by atoms with Gasteiger partial charge < -0.3 is 24.6 Å². The highest BCUT2D eigenvalue weighted by molar-refractivity contribution is 5.99. The Hall–Kier alpha value is -3.33. The first-order valence-corrected chi connectivity index (χ1v) is 9.00. The molecule has 2 aromatic carbocycles. The van der Waals surface area contributed by atoms with Crippen LogP contribution in [0.3, 0.4) is 0 Å². The van der Waals surface area contributed by atoms with Crippen molar-refractivity contribution in [3.05, 3.63) is 57.6 Å². The SMILES string of the molecule is CCOc1cc(C(=O)NCC(O)COc2cccc(C)c2)c([N+](=O)[O-])cc1OC. The molecule has 1 atom stereocenters. The molecular weight excluding hydrogens is 380 g/mol. The first-order valence-electron chi connectivity index (χ1n) is 9.00. The number of rotatable bonds is 10. The Balaban J connectivity index is 2.05. The number of aliphatic hydroxyl groups excluding tert-OH is 1. The summed E-state index contributed by atoms with van der Waals surface area (Å²) in [4.78, 5) is 23.2. The van der Waals surface area contributed by atoms with Gasteiger partial charge >= 0.3 is 0 Å². The second-order valence-corrected chi connectivity index (χ2v) is 6.20. The Morgan fingerprint density at radius 2 is 2.00 bits per heavy atom. The zero-order valence-electron chi connectivity index (χ0n) is 16.5. The highest BCUT2D eigenvalue weighted by Crippen LogP contribution is 2.34. The van der Waals surface area contributed by atoms with Crippen LogP contribution in [-0.4, -0.2) is 48.9 Å². The van der Waals surface area contributed by atoms with E-state index < -0.39 is 22.6 Å². The van der Waals surface area contributed by atoms with Gasteiger partial charge in [0.2, 0.25) is 0 Å². The van der Waals surface area contributed by atoms with E-state index in [0.29, 0.717) is 12.4 Å². The topological polar surface area (TPSA) is 120 Å². The summed E-state index contributed by atoms with van der Waals surface area (Å²) < 4.78 is 15.9. The van der Waals surface area contributed by atoms with Crippen LogP contribution in [0.1, 0.15) is 22.8 Å². The summed E-state index contributed by atoms with van der Waals surface area (Å²) in [7, 11) is 1.35. The summed E-state index contributed by atoms with van der Waals surface area (Å²) in [5, 5.41) is 23.9. The Morgan fingerprint density at radius 3 is 2.62 bits per heavy atom. The van der Waals surface area contributed by atoms with Gasteiger partial charge in [0.1, 0.15) is 24.0 Å². The Morgan fingerprint density at radius 1 is 1.24 bits per heavy atom. The van der Waals surface area contributed by atoms with E-state index in [2.05, 4.69) is 5.32 Å². The predicted molar refractivity (Wildman–Crippen MR) is 106 cm³/mol. The molecule has 29 heavy (non-hydrogen) atoms. The van der Waals surface area contributed by atoms with Crippen LogP contribution in [0, 0.1) is 17.0 Å². The van der Waals surface area contributed by atoms with Gasteiger partial charge in [-0.1, -0.05) is 12.1 Å². The number of aliphatic hydroxyl groups is 1. The predicted octanol–water partition coefficient (Wildman–Crippen LogP) is 2.48. The summed E-state index contributed by atoms with van der Waals surface area (Å²) in [6.07, 6.45) is -0.997. The van der Waals surface area contributed by atoms with Crippen molar-refractivity contribution >= 4 is 11.6 Å². The van der Waals surface area contributed by atoms with Gasteiger partial charge in [-0.05, 0) is 31.5 Å². The molecule has 2 aromatic rings. The standard InChI is InChI=1S/C20H24N2O7/c1-4-28-19-9-16(17(22(25)26)10-18(19)27-3)20(24)21-11-14(23)12-29-15-7-5-6-13(2)8-15/h5-10,14,23H,4,11-12H2,1-3H3,(H,21,24). The first kappa shape index (κ1) is 22.0. The fourth-order valence-corrected chi connectivity index (χ4v) is 2.57. The van der Waals surface area contributed by atoms with Crippen LogP contribution in [0.2, 0.25) is 0 Å². The summed E-state index contributed by atoms with van der Waals surface area (Å²) in [6.45, 7) is 3.77. The van der Waals surface area contributed by atoms with Crippen LogP contribution in [0.15, 0.2) is 36.4 Å². The molecule has 0 fully saturated rings. The maximum absolute atomic E-state index is 12.5. The van der Waals surface area contributed by atoms with E-state index in [1.54, 1.807) is 13.0 Å². The molecule has 156 valence electrons. The van der Waals surface area contributed by atoms with Crippen LogP contribution in [0.25, 0.3) is 0 Å². The maximum atomic E-state index is 12.5. The molecule has 0 aliphatic carbocycles. The third-order valence-corrected chi connectivity index (χ3v) is 3.95. The van der Waals surface area contributed by atoms with Crippen molar-refractivity contribution < 1.29 is 29.0 Å². The minimum atomic E-state index is -0.997. The van der Waals surface area contributed by atoms with E-state index in [1.165, 1.54) is 13.2 Å². The number of nitro benzene ring substituents is 1. The third kappa shape index (κ3) is 6.08. The zero-order chi connectivity index (χ0) is 21.4. The van der Waals surface area contributed by atoms with Gasteiger partial charge in [0, 0.05) is 12.6 Å². The Bertz CT molecular complexity index is 870. The monoisotopic (exact) mass is 404 g/mol. The molecule has 0 aliphatic rings. The fraction of sp³-hybridized carbons (Fsp3) is 0.350. The second-order valence-electron chi connectivity index (χ2n) is 6.20. The number of methoxy groups -OCH3 is 1. The van der Waals surface area contributed by atoms with Gasteiger partial charge in [0.05, 0.1) is 24.7 Å². The Kier molecular flexibility index (Phi) is 7.79. The van der Waals surface area contributed by atoms with Gasteiger partial charge in [-0.25, -0.2) is 0 Å². The molecule has 9 heteroatoms. The smallest absolute Gasteiger partial charge is 0.286 e. The number of amides is 1. The number of carbonyl (C=O) groups is 1. The number of nitrogens with one attached hydrogen (secondary N) is 1. The van der Waals surface area contributed by atoms with Crippen molar-refractivity contribution in [3.63, 3.8) is 0 Å². The summed E-state index contributed by atoms with van der Waals surface area (Å²) in [5.74, 6) is 0.258. The van der Waals surface area contributed by atoms with Crippen molar-refractivity contribution in [2.24, 2.45) is 0 Å². The number of hydrogen-bond donors (Lipinski definition) is 2. The number of nitro groups is 1. The molecule has 0 bridgehead atoms. The van der Waals surface area contributed by atoms with Crippen LogP contribution < -0.4 is 19.5 Å². The van der Waals surface area contributed by atoms with Crippen molar-refractivity contribution in [3.8, 4) is 17.2 Å².